The number of fused-ring (bicyclic) bond motifs is 1. The highest BCUT2D eigenvalue weighted by atomic mass is 16.6. The summed E-state index contributed by atoms with van der Waals surface area (Å²) in [5.41, 5.74) is 6.46. The second kappa shape index (κ2) is 5.40. The average molecular weight is 287 g/mol. The number of benzene rings is 1. The predicted octanol–water partition coefficient (Wildman–Crippen LogP) is 2.48. The van der Waals surface area contributed by atoms with Gasteiger partial charge in [0.05, 0.1) is 16.8 Å². The molecule has 2 amide bonds. The molecule has 0 radical (unpaired) electrons. The summed E-state index contributed by atoms with van der Waals surface area (Å²) in [7, 11) is 0. The first-order chi connectivity index (χ1) is 9.78. The summed E-state index contributed by atoms with van der Waals surface area (Å²) >= 11 is 0. The molecular weight excluding hydrogens is 270 g/mol. The van der Waals surface area contributed by atoms with E-state index in [1.54, 1.807) is 39.0 Å². The van der Waals surface area contributed by atoms with Gasteiger partial charge in [-0.1, -0.05) is 12.1 Å². The van der Waals surface area contributed by atoms with Crippen LogP contribution in [0.1, 0.15) is 31.1 Å². The Balaban J connectivity index is 2.28. The van der Waals surface area contributed by atoms with E-state index in [-0.39, 0.29) is 0 Å². The third-order valence-electron chi connectivity index (χ3n) is 2.66. The summed E-state index contributed by atoms with van der Waals surface area (Å²) in [6, 6.07) is 6.68. The molecule has 0 aliphatic heterocycles. The molecule has 0 bridgehead atoms. The van der Waals surface area contributed by atoms with Gasteiger partial charge in [-0.2, -0.15) is 0 Å². The SMILES string of the molecule is CC(C)(C)OC(=O)NC(=O)c1ccnc2c(N)cccc12. The lowest BCUT2D eigenvalue weighted by Crippen LogP contribution is -2.36. The van der Waals surface area contributed by atoms with Crippen LogP contribution >= 0.6 is 0 Å². The van der Waals surface area contributed by atoms with Gasteiger partial charge in [-0.25, -0.2) is 4.79 Å². The number of ether oxygens (including phenoxy) is 1. The number of anilines is 1. The van der Waals surface area contributed by atoms with Crippen LogP contribution in [0.5, 0.6) is 0 Å². The van der Waals surface area contributed by atoms with Crippen LogP contribution in [-0.4, -0.2) is 22.6 Å². The second-order valence-electron chi connectivity index (χ2n) is 5.56. The van der Waals surface area contributed by atoms with E-state index in [0.29, 0.717) is 22.2 Å². The number of carbonyl (C=O) groups excluding carboxylic acids is 2. The topological polar surface area (TPSA) is 94.3 Å². The summed E-state index contributed by atoms with van der Waals surface area (Å²) < 4.78 is 5.05. The van der Waals surface area contributed by atoms with Gasteiger partial charge in [0.15, 0.2) is 0 Å². The lowest BCUT2D eigenvalue weighted by atomic mass is 10.1. The van der Waals surface area contributed by atoms with E-state index in [2.05, 4.69) is 10.3 Å². The highest BCUT2D eigenvalue weighted by molar-refractivity contribution is 6.12. The number of pyridine rings is 1. The molecule has 1 aromatic carbocycles. The highest BCUT2D eigenvalue weighted by Crippen LogP contribution is 2.21. The molecule has 6 heteroatoms. The van der Waals surface area contributed by atoms with Gasteiger partial charge in [0.25, 0.3) is 5.91 Å². The van der Waals surface area contributed by atoms with Crippen molar-refractivity contribution in [1.29, 1.82) is 0 Å². The van der Waals surface area contributed by atoms with Gasteiger partial charge in [0.2, 0.25) is 0 Å². The summed E-state index contributed by atoms with van der Waals surface area (Å²) in [5, 5.41) is 2.78. The fraction of sp³-hybridized carbons (Fsp3) is 0.267. The Bertz CT molecular complexity index is 705. The van der Waals surface area contributed by atoms with Crippen molar-refractivity contribution in [2.75, 3.05) is 5.73 Å². The Morgan fingerprint density at radius 3 is 2.62 bits per heavy atom. The summed E-state index contributed by atoms with van der Waals surface area (Å²) in [6.45, 7) is 5.17. The molecule has 2 rings (SSSR count). The summed E-state index contributed by atoms with van der Waals surface area (Å²) in [6.07, 6.45) is 0.684. The summed E-state index contributed by atoms with van der Waals surface area (Å²) in [4.78, 5) is 28.0. The molecule has 21 heavy (non-hydrogen) atoms. The maximum Gasteiger partial charge on any atom is 0.414 e. The Morgan fingerprint density at radius 1 is 1.24 bits per heavy atom. The molecule has 0 atom stereocenters. The van der Waals surface area contributed by atoms with Gasteiger partial charge in [-0.05, 0) is 32.9 Å². The molecule has 0 fully saturated rings. The molecule has 1 heterocycles. The quantitative estimate of drug-likeness (QED) is 0.786. The molecule has 3 N–H and O–H groups in total. The van der Waals surface area contributed by atoms with Crippen LogP contribution in [0.4, 0.5) is 10.5 Å². The number of aromatic nitrogens is 1. The van der Waals surface area contributed by atoms with Crippen LogP contribution < -0.4 is 11.1 Å². The zero-order chi connectivity index (χ0) is 15.6. The van der Waals surface area contributed by atoms with Crippen molar-refractivity contribution in [3.8, 4) is 0 Å². The van der Waals surface area contributed by atoms with Crippen LogP contribution in [0.2, 0.25) is 0 Å². The predicted molar refractivity (Wildman–Crippen MR) is 79.9 cm³/mol. The van der Waals surface area contributed by atoms with Gasteiger partial charge in [-0.15, -0.1) is 0 Å². The molecule has 1 aromatic heterocycles. The summed E-state index contributed by atoms with van der Waals surface area (Å²) in [5.74, 6) is -0.553. The number of nitrogens with two attached hydrogens (primary N) is 1. The number of nitrogens with one attached hydrogen (secondary N) is 1. The van der Waals surface area contributed by atoms with Crippen LogP contribution in [-0.2, 0) is 4.74 Å². The van der Waals surface area contributed by atoms with E-state index in [1.807, 2.05) is 0 Å². The first kappa shape index (κ1) is 14.8. The van der Waals surface area contributed by atoms with Crippen LogP contribution in [0.15, 0.2) is 30.5 Å². The van der Waals surface area contributed by atoms with Crippen LogP contribution in [0.3, 0.4) is 0 Å². The van der Waals surface area contributed by atoms with Gasteiger partial charge in [-0.3, -0.25) is 15.1 Å². The zero-order valence-electron chi connectivity index (χ0n) is 12.1. The third kappa shape index (κ3) is 3.47. The number of nitrogen functional groups attached to an aromatic ring is 1. The largest absolute Gasteiger partial charge is 0.444 e. The standard InChI is InChI=1S/C15H17N3O3/c1-15(2,3)21-14(20)18-13(19)10-7-8-17-12-9(10)5-4-6-11(12)16/h4-8H,16H2,1-3H3,(H,18,19,20). The Morgan fingerprint density at radius 2 is 1.95 bits per heavy atom. The highest BCUT2D eigenvalue weighted by Gasteiger charge is 2.20. The number of nitrogens with zero attached hydrogens (tertiary/aromatic N) is 1. The third-order valence-corrected chi connectivity index (χ3v) is 2.66. The minimum Gasteiger partial charge on any atom is -0.444 e. The molecule has 0 unspecified atom stereocenters. The molecule has 0 saturated heterocycles. The molecule has 110 valence electrons. The monoisotopic (exact) mass is 287 g/mol. The maximum atomic E-state index is 12.2. The zero-order valence-corrected chi connectivity index (χ0v) is 12.1. The van der Waals surface area contributed by atoms with Crippen molar-refractivity contribution >= 4 is 28.6 Å². The van der Waals surface area contributed by atoms with Crippen molar-refractivity contribution in [2.24, 2.45) is 0 Å². The van der Waals surface area contributed by atoms with Crippen molar-refractivity contribution in [3.05, 3.63) is 36.0 Å². The van der Waals surface area contributed by atoms with E-state index in [4.69, 9.17) is 10.5 Å². The lowest BCUT2D eigenvalue weighted by Gasteiger charge is -2.19. The number of rotatable bonds is 1. The number of carbonyl (C=O) groups is 2. The fourth-order valence-corrected chi connectivity index (χ4v) is 1.86. The minimum absolute atomic E-state index is 0.318. The average Bonchev–Trinajstić information content (AvgIpc) is 2.36. The van der Waals surface area contributed by atoms with E-state index in [9.17, 15) is 9.59 Å². The molecule has 0 spiro atoms. The molecule has 0 saturated carbocycles. The molecular formula is C15H17N3O3. The molecule has 2 aromatic rings. The normalized spacial score (nSPS) is 11.2. The van der Waals surface area contributed by atoms with Crippen LogP contribution in [0.25, 0.3) is 10.9 Å². The Hall–Kier alpha value is -2.63. The second-order valence-corrected chi connectivity index (χ2v) is 5.56. The number of alkyl carbamates (subject to hydrolysis) is 1. The first-order valence-corrected chi connectivity index (χ1v) is 6.45. The van der Waals surface area contributed by atoms with Gasteiger partial charge in [0, 0.05) is 11.6 Å². The van der Waals surface area contributed by atoms with Crippen molar-refractivity contribution < 1.29 is 14.3 Å². The maximum absolute atomic E-state index is 12.2. The van der Waals surface area contributed by atoms with Crippen molar-refractivity contribution in [3.63, 3.8) is 0 Å². The van der Waals surface area contributed by atoms with Crippen molar-refractivity contribution in [1.82, 2.24) is 10.3 Å². The smallest absolute Gasteiger partial charge is 0.414 e. The van der Waals surface area contributed by atoms with Gasteiger partial charge >= 0.3 is 6.09 Å². The number of amides is 2. The molecule has 0 aliphatic rings. The van der Waals surface area contributed by atoms with Crippen molar-refractivity contribution in [2.45, 2.75) is 26.4 Å². The number of hydrogen-bond donors (Lipinski definition) is 2. The number of imide groups is 1. The Labute approximate surface area is 122 Å². The number of hydrogen-bond acceptors (Lipinski definition) is 5. The van der Waals surface area contributed by atoms with Gasteiger partial charge in [0.1, 0.15) is 5.60 Å². The van der Waals surface area contributed by atoms with E-state index in [1.165, 1.54) is 12.3 Å². The Kier molecular flexibility index (Phi) is 3.80. The van der Waals surface area contributed by atoms with E-state index in [0.717, 1.165) is 0 Å². The van der Waals surface area contributed by atoms with E-state index < -0.39 is 17.6 Å². The fourth-order valence-electron chi connectivity index (χ4n) is 1.86. The molecule has 6 nitrogen and oxygen atoms in total. The lowest BCUT2D eigenvalue weighted by molar-refractivity contribution is 0.0508. The number of para-hydroxylation sites is 1. The minimum atomic E-state index is -0.790. The van der Waals surface area contributed by atoms with Gasteiger partial charge < -0.3 is 10.5 Å². The first-order valence-electron chi connectivity index (χ1n) is 6.45. The molecule has 0 aliphatic carbocycles. The van der Waals surface area contributed by atoms with Crippen LogP contribution in [0, 0.1) is 0 Å². The van der Waals surface area contributed by atoms with E-state index >= 15 is 0 Å².